The van der Waals surface area contributed by atoms with Crippen molar-refractivity contribution in [2.45, 2.75) is 6.04 Å². The molecule has 2 heterocycles. The average Bonchev–Trinajstić information content (AvgIpc) is 3.30. The molecule has 0 fully saturated rings. The smallest absolute Gasteiger partial charge is 0.226 e. The van der Waals surface area contributed by atoms with Gasteiger partial charge in [-0.2, -0.15) is 10.1 Å². The number of hydrogen-bond donors (Lipinski definition) is 1. The van der Waals surface area contributed by atoms with E-state index in [0.717, 1.165) is 16.8 Å². The number of fused-ring (bicyclic) bond motifs is 1. The molecule has 1 aromatic heterocycles. The van der Waals surface area contributed by atoms with E-state index in [9.17, 15) is 0 Å². The van der Waals surface area contributed by atoms with Gasteiger partial charge in [0, 0.05) is 11.3 Å². The Bertz CT molecular complexity index is 1100. The highest BCUT2D eigenvalue weighted by molar-refractivity contribution is 5.78. The molecule has 9 nitrogen and oxygen atoms in total. The van der Waals surface area contributed by atoms with Crippen molar-refractivity contribution in [1.29, 1.82) is 0 Å². The molecule has 0 aliphatic carbocycles. The highest BCUT2D eigenvalue weighted by Gasteiger charge is 2.26. The molecule has 1 aliphatic heterocycles. The summed E-state index contributed by atoms with van der Waals surface area (Å²) in [5, 5.41) is 7.73. The molecule has 1 atom stereocenters. The zero-order valence-electron chi connectivity index (χ0n) is 18.0. The van der Waals surface area contributed by atoms with Gasteiger partial charge in [0.25, 0.3) is 0 Å². The minimum Gasteiger partial charge on any atom is -0.493 e. The number of ether oxygens (including phenoxy) is 5. The van der Waals surface area contributed by atoms with Crippen LogP contribution in [0.15, 0.2) is 42.7 Å². The van der Waals surface area contributed by atoms with Gasteiger partial charge in [-0.3, -0.25) is 0 Å². The molecule has 162 valence electrons. The van der Waals surface area contributed by atoms with E-state index < -0.39 is 0 Å². The Kier molecular flexibility index (Phi) is 5.57. The van der Waals surface area contributed by atoms with Crippen molar-refractivity contribution in [2.24, 2.45) is 0 Å². The summed E-state index contributed by atoms with van der Waals surface area (Å²) in [6, 6.07) is 9.30. The number of benzene rings is 2. The second kappa shape index (κ2) is 8.47. The zero-order valence-corrected chi connectivity index (χ0v) is 18.0. The number of aromatic nitrogens is 3. The third-order valence-electron chi connectivity index (χ3n) is 5.13. The molecule has 3 aromatic rings. The average molecular weight is 424 g/mol. The van der Waals surface area contributed by atoms with Crippen molar-refractivity contribution >= 4 is 11.6 Å². The van der Waals surface area contributed by atoms with Gasteiger partial charge in [0.15, 0.2) is 23.0 Å². The Hall–Kier alpha value is -3.88. The number of allylic oxidation sites excluding steroid dienone is 1. The van der Waals surface area contributed by atoms with Gasteiger partial charge in [0.2, 0.25) is 11.7 Å². The van der Waals surface area contributed by atoms with E-state index in [4.69, 9.17) is 23.7 Å². The second-order valence-electron chi connectivity index (χ2n) is 6.71. The molecule has 9 heteroatoms. The van der Waals surface area contributed by atoms with E-state index in [0.29, 0.717) is 34.7 Å². The number of hydrogen-bond acceptors (Lipinski definition) is 8. The normalized spacial score (nSPS) is 14.7. The molecule has 0 spiro atoms. The first-order chi connectivity index (χ1) is 15.1. The quantitative estimate of drug-likeness (QED) is 0.618. The third kappa shape index (κ3) is 3.58. The topological polar surface area (TPSA) is 88.9 Å². The van der Waals surface area contributed by atoms with Crippen molar-refractivity contribution in [3.05, 3.63) is 53.9 Å². The maximum Gasteiger partial charge on any atom is 0.226 e. The SMILES string of the molecule is COc1ccc(C2=C[C@@H](c3cc(OC)c(OC)c(OC)c3)n3ncnc3N2)cc1OC. The lowest BCUT2D eigenvalue weighted by molar-refractivity contribution is 0.323. The summed E-state index contributed by atoms with van der Waals surface area (Å²) in [5.74, 6) is 3.58. The van der Waals surface area contributed by atoms with Crippen LogP contribution in [-0.4, -0.2) is 50.3 Å². The van der Waals surface area contributed by atoms with Crippen LogP contribution in [0, 0.1) is 0 Å². The van der Waals surface area contributed by atoms with Gasteiger partial charge in [0.05, 0.1) is 35.5 Å². The van der Waals surface area contributed by atoms with Crippen molar-refractivity contribution in [3.63, 3.8) is 0 Å². The molecule has 0 bridgehead atoms. The van der Waals surface area contributed by atoms with Crippen LogP contribution in [0.5, 0.6) is 28.7 Å². The fourth-order valence-electron chi connectivity index (χ4n) is 3.62. The van der Waals surface area contributed by atoms with Gasteiger partial charge in [-0.05, 0) is 42.0 Å². The molecule has 31 heavy (non-hydrogen) atoms. The molecule has 0 saturated carbocycles. The molecule has 1 aliphatic rings. The molecule has 0 radical (unpaired) electrons. The van der Waals surface area contributed by atoms with Gasteiger partial charge in [-0.25, -0.2) is 4.68 Å². The maximum absolute atomic E-state index is 5.53. The van der Waals surface area contributed by atoms with Crippen molar-refractivity contribution in [3.8, 4) is 28.7 Å². The predicted octanol–water partition coefficient (Wildman–Crippen LogP) is 3.38. The summed E-state index contributed by atoms with van der Waals surface area (Å²) in [6.45, 7) is 0. The number of rotatable bonds is 7. The molecule has 2 aromatic carbocycles. The largest absolute Gasteiger partial charge is 0.493 e. The first-order valence-electron chi connectivity index (χ1n) is 9.54. The minimum absolute atomic E-state index is 0.254. The third-order valence-corrected chi connectivity index (χ3v) is 5.13. The number of anilines is 1. The van der Waals surface area contributed by atoms with E-state index >= 15 is 0 Å². The van der Waals surface area contributed by atoms with Crippen LogP contribution in [0.4, 0.5) is 5.95 Å². The molecule has 0 unspecified atom stereocenters. The molecule has 0 amide bonds. The summed E-state index contributed by atoms with van der Waals surface area (Å²) in [7, 11) is 7.98. The van der Waals surface area contributed by atoms with Crippen LogP contribution in [0.25, 0.3) is 5.70 Å². The van der Waals surface area contributed by atoms with Crippen LogP contribution < -0.4 is 29.0 Å². The summed E-state index contributed by atoms with van der Waals surface area (Å²) in [5.41, 5.74) is 2.69. The van der Waals surface area contributed by atoms with Crippen LogP contribution >= 0.6 is 0 Å². The first-order valence-corrected chi connectivity index (χ1v) is 9.54. The van der Waals surface area contributed by atoms with Crippen LogP contribution in [0.3, 0.4) is 0 Å². The van der Waals surface area contributed by atoms with Gasteiger partial charge < -0.3 is 29.0 Å². The van der Waals surface area contributed by atoms with Gasteiger partial charge >= 0.3 is 0 Å². The van der Waals surface area contributed by atoms with Crippen LogP contribution in [0.2, 0.25) is 0 Å². The molecule has 0 saturated heterocycles. The van der Waals surface area contributed by atoms with E-state index in [-0.39, 0.29) is 6.04 Å². The number of nitrogens with zero attached hydrogens (tertiary/aromatic N) is 3. The summed E-state index contributed by atoms with van der Waals surface area (Å²) in [4.78, 5) is 4.36. The lowest BCUT2D eigenvalue weighted by Gasteiger charge is -2.25. The maximum atomic E-state index is 5.53. The standard InChI is InChI=1S/C22H24N4O5/c1-27-17-7-6-13(8-18(17)28-2)15-11-16(26-22(25-15)23-12-24-26)14-9-19(29-3)21(31-5)20(10-14)30-4/h6-12,16H,1-5H3,(H,23,24,25)/t16-/m0/s1. The lowest BCUT2D eigenvalue weighted by atomic mass is 10.0. The predicted molar refractivity (Wildman–Crippen MR) is 115 cm³/mol. The second-order valence-corrected chi connectivity index (χ2v) is 6.71. The van der Waals surface area contributed by atoms with Gasteiger partial charge in [-0.1, -0.05) is 0 Å². The highest BCUT2D eigenvalue weighted by Crippen LogP contribution is 2.42. The Morgan fingerprint density at radius 3 is 2.10 bits per heavy atom. The highest BCUT2D eigenvalue weighted by atomic mass is 16.5. The van der Waals surface area contributed by atoms with Crippen molar-refractivity contribution < 1.29 is 23.7 Å². The van der Waals surface area contributed by atoms with Gasteiger partial charge in [-0.15, -0.1) is 0 Å². The fourth-order valence-corrected chi connectivity index (χ4v) is 3.62. The fraction of sp³-hybridized carbons (Fsp3) is 0.273. The van der Waals surface area contributed by atoms with E-state index in [2.05, 4.69) is 21.5 Å². The summed E-state index contributed by atoms with van der Waals surface area (Å²) in [6.07, 6.45) is 3.57. The van der Waals surface area contributed by atoms with Crippen LogP contribution in [-0.2, 0) is 0 Å². The summed E-state index contributed by atoms with van der Waals surface area (Å²) < 4.78 is 29.1. The van der Waals surface area contributed by atoms with E-state index in [1.165, 1.54) is 6.33 Å². The molecule has 1 N–H and O–H groups in total. The van der Waals surface area contributed by atoms with Gasteiger partial charge in [0.1, 0.15) is 12.4 Å². The van der Waals surface area contributed by atoms with Crippen molar-refractivity contribution in [1.82, 2.24) is 14.8 Å². The monoisotopic (exact) mass is 424 g/mol. The zero-order chi connectivity index (χ0) is 22.0. The Morgan fingerprint density at radius 1 is 0.806 bits per heavy atom. The molecular formula is C22H24N4O5. The minimum atomic E-state index is -0.254. The lowest BCUT2D eigenvalue weighted by Crippen LogP contribution is -2.20. The Balaban J connectivity index is 1.84. The van der Waals surface area contributed by atoms with E-state index in [1.54, 1.807) is 40.2 Å². The first kappa shape index (κ1) is 20.4. The Morgan fingerprint density at radius 2 is 1.48 bits per heavy atom. The van der Waals surface area contributed by atoms with Crippen molar-refractivity contribution in [2.75, 3.05) is 40.9 Å². The van der Waals surface area contributed by atoms with Crippen LogP contribution in [0.1, 0.15) is 17.2 Å². The number of methoxy groups -OCH3 is 5. The Labute approximate surface area is 180 Å². The molecular weight excluding hydrogens is 400 g/mol. The number of nitrogens with one attached hydrogen (secondary N) is 1. The molecule has 4 rings (SSSR count). The summed E-state index contributed by atoms with van der Waals surface area (Å²) >= 11 is 0. The van der Waals surface area contributed by atoms with E-state index in [1.807, 2.05) is 30.3 Å².